The Morgan fingerprint density at radius 2 is 1.96 bits per heavy atom. The van der Waals surface area contributed by atoms with Crippen molar-refractivity contribution in [1.82, 2.24) is 10.3 Å². The van der Waals surface area contributed by atoms with E-state index in [0.29, 0.717) is 11.4 Å². The van der Waals surface area contributed by atoms with Crippen LogP contribution in [0.15, 0.2) is 48.5 Å². The number of rotatable bonds is 6. The Hall–Kier alpha value is -1.91. The first kappa shape index (κ1) is 16.9. The molecule has 0 saturated carbocycles. The number of hydrogen-bond acceptors (Lipinski definition) is 3. The third-order valence-electron chi connectivity index (χ3n) is 3.88. The monoisotopic (exact) mass is 358 g/mol. The van der Waals surface area contributed by atoms with E-state index in [4.69, 9.17) is 11.6 Å². The number of carbonyl (C=O) groups is 1. The number of amides is 1. The Bertz CT molecular complexity index is 813. The highest BCUT2D eigenvalue weighted by Crippen LogP contribution is 2.24. The highest BCUT2D eigenvalue weighted by atomic mass is 35.5. The molecule has 0 aliphatic heterocycles. The molecule has 124 valence electrons. The van der Waals surface area contributed by atoms with Gasteiger partial charge >= 0.3 is 0 Å². The molecular weight excluding hydrogens is 340 g/mol. The predicted molar refractivity (Wildman–Crippen MR) is 101 cm³/mol. The Morgan fingerprint density at radius 1 is 1.21 bits per heavy atom. The van der Waals surface area contributed by atoms with Crippen molar-refractivity contribution in [2.45, 2.75) is 32.2 Å². The molecule has 0 aliphatic rings. The molecule has 1 unspecified atom stereocenters. The van der Waals surface area contributed by atoms with Crippen LogP contribution >= 0.6 is 22.9 Å². The lowest BCUT2D eigenvalue weighted by Gasteiger charge is -2.15. The summed E-state index contributed by atoms with van der Waals surface area (Å²) in [6, 6.07) is 15.6. The van der Waals surface area contributed by atoms with Crippen LogP contribution < -0.4 is 5.32 Å². The van der Waals surface area contributed by atoms with Crippen LogP contribution in [0.1, 0.15) is 36.4 Å². The highest BCUT2D eigenvalue weighted by molar-refractivity contribution is 7.18. The third-order valence-corrected chi connectivity index (χ3v) is 5.32. The number of hydrogen-bond donors (Lipinski definition) is 1. The first-order valence-electron chi connectivity index (χ1n) is 8.02. The number of aromatic nitrogens is 1. The second kappa shape index (κ2) is 7.77. The van der Waals surface area contributed by atoms with Gasteiger partial charge in [-0.25, -0.2) is 4.98 Å². The quantitative estimate of drug-likeness (QED) is 0.662. The fourth-order valence-corrected chi connectivity index (χ4v) is 3.95. The molecule has 0 fully saturated rings. The number of carbonyl (C=O) groups excluding carboxylic acids is 1. The van der Waals surface area contributed by atoms with Crippen molar-refractivity contribution in [1.29, 1.82) is 0 Å². The maximum Gasteiger partial charge on any atom is 0.220 e. The van der Waals surface area contributed by atoms with Crippen LogP contribution in [0, 0.1) is 0 Å². The molecule has 1 N–H and O–H groups in total. The topological polar surface area (TPSA) is 42.0 Å². The Kier molecular flexibility index (Phi) is 5.48. The summed E-state index contributed by atoms with van der Waals surface area (Å²) >= 11 is 7.87. The number of halogens is 1. The first-order chi connectivity index (χ1) is 11.6. The summed E-state index contributed by atoms with van der Waals surface area (Å²) < 4.78 is 1.20. The number of thiazole rings is 1. The fraction of sp³-hybridized carbons (Fsp3) is 0.263. The van der Waals surface area contributed by atoms with Gasteiger partial charge in [0.1, 0.15) is 0 Å². The molecule has 0 aliphatic carbocycles. The van der Waals surface area contributed by atoms with Crippen molar-refractivity contribution < 1.29 is 4.79 Å². The maximum atomic E-state index is 12.1. The van der Waals surface area contributed by atoms with Crippen molar-refractivity contribution in [3.8, 4) is 0 Å². The second-order valence-electron chi connectivity index (χ2n) is 5.74. The summed E-state index contributed by atoms with van der Waals surface area (Å²) in [7, 11) is 0. The molecule has 24 heavy (non-hydrogen) atoms. The van der Waals surface area contributed by atoms with Crippen molar-refractivity contribution >= 4 is 39.1 Å². The summed E-state index contributed by atoms with van der Waals surface area (Å²) in [6.07, 6.45) is 2.11. The van der Waals surface area contributed by atoms with E-state index in [2.05, 4.69) is 16.4 Å². The molecule has 3 nitrogen and oxygen atoms in total. The molecule has 0 bridgehead atoms. The zero-order chi connectivity index (χ0) is 16.9. The highest BCUT2D eigenvalue weighted by Gasteiger charge is 2.12. The minimum atomic E-state index is -0.0892. The third kappa shape index (κ3) is 4.13. The minimum absolute atomic E-state index is 0.0449. The zero-order valence-electron chi connectivity index (χ0n) is 13.5. The molecule has 0 radical (unpaired) electrons. The van der Waals surface area contributed by atoms with E-state index in [1.54, 1.807) is 11.3 Å². The van der Waals surface area contributed by atoms with Gasteiger partial charge in [-0.15, -0.1) is 11.3 Å². The second-order valence-corrected chi connectivity index (χ2v) is 7.26. The summed E-state index contributed by atoms with van der Waals surface area (Å²) in [5.41, 5.74) is 1.98. The van der Waals surface area contributed by atoms with Gasteiger partial charge in [-0.05, 0) is 43.5 Å². The van der Waals surface area contributed by atoms with Crippen molar-refractivity contribution in [2.75, 3.05) is 0 Å². The minimum Gasteiger partial charge on any atom is -0.350 e. The molecule has 0 spiro atoms. The average molecular weight is 359 g/mol. The molecule has 1 aromatic heterocycles. The van der Waals surface area contributed by atoms with E-state index < -0.39 is 0 Å². The molecule has 0 saturated heterocycles. The first-order valence-corrected chi connectivity index (χ1v) is 9.21. The lowest BCUT2D eigenvalue weighted by molar-refractivity contribution is -0.121. The Balaban J connectivity index is 1.49. The summed E-state index contributed by atoms with van der Waals surface area (Å²) in [5.74, 6) is 0.0449. The summed E-state index contributed by atoms with van der Waals surface area (Å²) in [5, 5.41) is 4.78. The van der Waals surface area contributed by atoms with Gasteiger partial charge in [-0.3, -0.25) is 4.79 Å². The average Bonchev–Trinajstić information content (AvgIpc) is 2.97. The van der Waals surface area contributed by atoms with Crippen LogP contribution in [0.3, 0.4) is 0 Å². The molecule has 2 aromatic carbocycles. The van der Waals surface area contributed by atoms with Gasteiger partial charge in [-0.2, -0.15) is 0 Å². The molecule has 3 rings (SSSR count). The Labute approximate surface area is 150 Å². The van der Waals surface area contributed by atoms with Crippen LogP contribution in [0.2, 0.25) is 5.02 Å². The molecule has 1 amide bonds. The predicted octanol–water partition coefficient (Wildman–Crippen LogP) is 5.15. The van der Waals surface area contributed by atoms with Gasteiger partial charge in [0.05, 0.1) is 21.3 Å². The Morgan fingerprint density at radius 3 is 2.75 bits per heavy atom. The van der Waals surface area contributed by atoms with Gasteiger partial charge in [0.2, 0.25) is 5.91 Å². The van der Waals surface area contributed by atoms with E-state index in [1.165, 1.54) is 4.70 Å². The van der Waals surface area contributed by atoms with Crippen LogP contribution in [0.25, 0.3) is 10.2 Å². The SMILES string of the molecule is CC(NC(=O)CCCc1nc2ccccc2s1)c1ccccc1Cl. The smallest absolute Gasteiger partial charge is 0.220 e. The standard InChI is InChI=1S/C19H19ClN2OS/c1-13(14-7-2-3-8-15(14)20)21-18(23)11-6-12-19-22-16-9-4-5-10-17(16)24-19/h2-5,7-10,13H,6,11-12H2,1H3,(H,21,23). The van der Waals surface area contributed by atoms with Gasteiger partial charge in [0, 0.05) is 11.4 Å². The number of fused-ring (bicyclic) bond motifs is 1. The summed E-state index contributed by atoms with van der Waals surface area (Å²) in [6.45, 7) is 1.95. The number of aryl methyl sites for hydroxylation is 1. The number of nitrogens with one attached hydrogen (secondary N) is 1. The van der Waals surface area contributed by atoms with Crippen molar-refractivity contribution in [2.24, 2.45) is 0 Å². The number of nitrogens with zero attached hydrogens (tertiary/aromatic N) is 1. The number of benzene rings is 2. The van der Waals surface area contributed by atoms with E-state index in [-0.39, 0.29) is 11.9 Å². The largest absolute Gasteiger partial charge is 0.350 e. The normalized spacial score (nSPS) is 12.2. The van der Waals surface area contributed by atoms with Crippen molar-refractivity contribution in [3.05, 3.63) is 64.1 Å². The van der Waals surface area contributed by atoms with Crippen LogP contribution in [-0.4, -0.2) is 10.9 Å². The molecular formula is C19H19ClN2OS. The maximum absolute atomic E-state index is 12.1. The molecule has 1 atom stereocenters. The van der Waals surface area contributed by atoms with Gasteiger partial charge in [0.25, 0.3) is 0 Å². The lowest BCUT2D eigenvalue weighted by atomic mass is 10.1. The van der Waals surface area contributed by atoms with E-state index in [1.807, 2.05) is 49.4 Å². The van der Waals surface area contributed by atoms with Gasteiger partial charge < -0.3 is 5.32 Å². The van der Waals surface area contributed by atoms with Crippen molar-refractivity contribution in [3.63, 3.8) is 0 Å². The van der Waals surface area contributed by atoms with E-state index in [0.717, 1.165) is 28.9 Å². The molecule has 3 aromatic rings. The number of para-hydroxylation sites is 1. The van der Waals surface area contributed by atoms with Crippen LogP contribution in [0.4, 0.5) is 0 Å². The van der Waals surface area contributed by atoms with Crippen LogP contribution in [-0.2, 0) is 11.2 Å². The van der Waals surface area contributed by atoms with Crippen LogP contribution in [0.5, 0.6) is 0 Å². The zero-order valence-corrected chi connectivity index (χ0v) is 15.0. The van der Waals surface area contributed by atoms with Gasteiger partial charge in [-0.1, -0.05) is 41.9 Å². The molecule has 1 heterocycles. The van der Waals surface area contributed by atoms with Gasteiger partial charge in [0.15, 0.2) is 0 Å². The molecule has 5 heteroatoms. The van der Waals surface area contributed by atoms with E-state index in [9.17, 15) is 4.79 Å². The van der Waals surface area contributed by atoms with E-state index >= 15 is 0 Å². The summed E-state index contributed by atoms with van der Waals surface area (Å²) in [4.78, 5) is 16.7. The fourth-order valence-electron chi connectivity index (χ4n) is 2.64. The lowest BCUT2D eigenvalue weighted by Crippen LogP contribution is -2.26.